The fourth-order valence-corrected chi connectivity index (χ4v) is 1.20. The van der Waals surface area contributed by atoms with Crippen molar-refractivity contribution in [1.29, 1.82) is 0 Å². The first kappa shape index (κ1) is 10.4. The molecule has 0 unspecified atom stereocenters. The van der Waals surface area contributed by atoms with Crippen molar-refractivity contribution in [3.8, 4) is 0 Å². The Morgan fingerprint density at radius 1 is 1.29 bits per heavy atom. The first-order valence-electron chi connectivity index (χ1n) is 4.31. The second-order valence-electron chi connectivity index (χ2n) is 3.36. The van der Waals surface area contributed by atoms with E-state index in [0.717, 1.165) is 5.57 Å². The van der Waals surface area contributed by atoms with E-state index in [2.05, 4.69) is 6.58 Å². The van der Waals surface area contributed by atoms with Crippen LogP contribution in [0.3, 0.4) is 0 Å². The van der Waals surface area contributed by atoms with Crippen LogP contribution in [-0.4, -0.2) is 17.8 Å². The van der Waals surface area contributed by atoms with Crippen molar-refractivity contribution in [3.05, 3.63) is 12.2 Å². The largest absolute Gasteiger partial charge is 0.328 e. The van der Waals surface area contributed by atoms with Crippen molar-refractivity contribution >= 4 is 17.8 Å². The lowest BCUT2D eigenvalue weighted by Gasteiger charge is -2.20. The van der Waals surface area contributed by atoms with Gasteiger partial charge in [-0.3, -0.25) is 20.2 Å². The highest BCUT2D eigenvalue weighted by Crippen LogP contribution is 2.13. The lowest BCUT2D eigenvalue weighted by Crippen LogP contribution is -2.55. The predicted molar refractivity (Wildman–Crippen MR) is 49.2 cm³/mol. The number of amides is 4. The minimum Gasteiger partial charge on any atom is -0.277 e. The summed E-state index contributed by atoms with van der Waals surface area (Å²) in [6, 6.07) is -0.744. The van der Waals surface area contributed by atoms with Crippen molar-refractivity contribution in [1.82, 2.24) is 10.6 Å². The maximum atomic E-state index is 11.2. The SMILES string of the molecule is C=C(C)CCC1C(=O)NC(=O)NC1=O. The summed E-state index contributed by atoms with van der Waals surface area (Å²) in [6.07, 6.45) is 0.986. The minimum atomic E-state index is -0.774. The van der Waals surface area contributed by atoms with E-state index in [1.165, 1.54) is 0 Å². The van der Waals surface area contributed by atoms with Gasteiger partial charge in [-0.15, -0.1) is 6.58 Å². The molecule has 1 rings (SSSR count). The molecule has 0 bridgehead atoms. The zero-order valence-electron chi connectivity index (χ0n) is 7.92. The molecule has 5 nitrogen and oxygen atoms in total. The van der Waals surface area contributed by atoms with Gasteiger partial charge < -0.3 is 0 Å². The Kier molecular flexibility index (Phi) is 3.01. The first-order chi connectivity index (χ1) is 6.50. The number of urea groups is 1. The summed E-state index contributed by atoms with van der Waals surface area (Å²) in [5, 5.41) is 4.09. The zero-order chi connectivity index (χ0) is 10.7. The predicted octanol–water partition coefficient (Wildman–Crippen LogP) is 0.325. The Labute approximate surface area is 81.5 Å². The standard InChI is InChI=1S/C9H12N2O3/c1-5(2)3-4-6-7(12)10-9(14)11-8(6)13/h6H,1,3-4H2,2H3,(H2,10,11,12,13,14). The van der Waals surface area contributed by atoms with Crippen LogP contribution < -0.4 is 10.6 Å². The fourth-order valence-electron chi connectivity index (χ4n) is 1.20. The Hall–Kier alpha value is -1.65. The lowest BCUT2D eigenvalue weighted by molar-refractivity contribution is -0.136. The third-order valence-electron chi connectivity index (χ3n) is 1.97. The molecule has 14 heavy (non-hydrogen) atoms. The van der Waals surface area contributed by atoms with Gasteiger partial charge in [0.05, 0.1) is 0 Å². The molecule has 1 aliphatic heterocycles. The molecule has 0 saturated carbocycles. The number of carbonyl (C=O) groups excluding carboxylic acids is 3. The van der Waals surface area contributed by atoms with Crippen molar-refractivity contribution in [2.75, 3.05) is 0 Å². The number of imide groups is 2. The van der Waals surface area contributed by atoms with Gasteiger partial charge in [0.2, 0.25) is 11.8 Å². The van der Waals surface area contributed by atoms with Crippen molar-refractivity contribution in [2.45, 2.75) is 19.8 Å². The van der Waals surface area contributed by atoms with Crippen molar-refractivity contribution in [2.24, 2.45) is 5.92 Å². The molecule has 1 heterocycles. The fraction of sp³-hybridized carbons (Fsp3) is 0.444. The van der Waals surface area contributed by atoms with Gasteiger partial charge >= 0.3 is 6.03 Å². The average Bonchev–Trinajstić information content (AvgIpc) is 2.01. The molecule has 0 aliphatic carbocycles. The molecule has 76 valence electrons. The number of barbiturate groups is 1. The summed E-state index contributed by atoms with van der Waals surface area (Å²) in [5.41, 5.74) is 0.905. The van der Waals surface area contributed by atoms with E-state index >= 15 is 0 Å². The quantitative estimate of drug-likeness (QED) is 0.504. The molecule has 2 N–H and O–H groups in total. The van der Waals surface area contributed by atoms with Gasteiger partial charge in [-0.05, 0) is 19.8 Å². The number of hydrogen-bond donors (Lipinski definition) is 2. The monoisotopic (exact) mass is 196 g/mol. The summed E-state index contributed by atoms with van der Waals surface area (Å²) in [7, 11) is 0. The summed E-state index contributed by atoms with van der Waals surface area (Å²) < 4.78 is 0. The molecule has 0 aromatic heterocycles. The molecular weight excluding hydrogens is 184 g/mol. The van der Waals surface area contributed by atoms with Crippen LogP contribution in [0.2, 0.25) is 0 Å². The van der Waals surface area contributed by atoms with E-state index in [1.807, 2.05) is 17.6 Å². The van der Waals surface area contributed by atoms with Crippen LogP contribution in [0, 0.1) is 5.92 Å². The minimum absolute atomic E-state index is 0.389. The summed E-state index contributed by atoms with van der Waals surface area (Å²) in [4.78, 5) is 33.1. The van der Waals surface area contributed by atoms with Crippen molar-refractivity contribution < 1.29 is 14.4 Å². The van der Waals surface area contributed by atoms with Crippen LogP contribution in [0.1, 0.15) is 19.8 Å². The molecule has 4 amide bonds. The third kappa shape index (κ3) is 2.42. The van der Waals surface area contributed by atoms with Crippen LogP contribution in [-0.2, 0) is 9.59 Å². The van der Waals surface area contributed by atoms with Crippen molar-refractivity contribution in [3.63, 3.8) is 0 Å². The van der Waals surface area contributed by atoms with E-state index < -0.39 is 23.8 Å². The van der Waals surface area contributed by atoms with E-state index in [1.54, 1.807) is 0 Å². The molecule has 5 heteroatoms. The van der Waals surface area contributed by atoms with Crippen LogP contribution in [0.25, 0.3) is 0 Å². The normalized spacial score (nSPS) is 17.6. The highest BCUT2D eigenvalue weighted by Gasteiger charge is 2.33. The molecule has 0 spiro atoms. The van der Waals surface area contributed by atoms with Crippen LogP contribution >= 0.6 is 0 Å². The van der Waals surface area contributed by atoms with E-state index in [-0.39, 0.29) is 0 Å². The van der Waals surface area contributed by atoms with Gasteiger partial charge in [0.25, 0.3) is 0 Å². The highest BCUT2D eigenvalue weighted by molar-refractivity contribution is 6.16. The van der Waals surface area contributed by atoms with Gasteiger partial charge in [-0.1, -0.05) is 5.57 Å². The van der Waals surface area contributed by atoms with Crippen LogP contribution in [0.5, 0.6) is 0 Å². The van der Waals surface area contributed by atoms with Crippen LogP contribution in [0.4, 0.5) is 4.79 Å². The second kappa shape index (κ2) is 4.04. The lowest BCUT2D eigenvalue weighted by atomic mass is 9.98. The molecule has 1 aliphatic rings. The topological polar surface area (TPSA) is 75.3 Å². The number of carbonyl (C=O) groups is 3. The summed E-state index contributed by atoms with van der Waals surface area (Å²) in [5.74, 6) is -1.83. The number of rotatable bonds is 3. The van der Waals surface area contributed by atoms with E-state index in [4.69, 9.17) is 0 Å². The number of nitrogens with one attached hydrogen (secondary N) is 2. The van der Waals surface area contributed by atoms with E-state index in [9.17, 15) is 14.4 Å². The molecule has 0 atom stereocenters. The van der Waals surface area contributed by atoms with Gasteiger partial charge in [-0.2, -0.15) is 0 Å². The molecule has 0 aromatic carbocycles. The first-order valence-corrected chi connectivity index (χ1v) is 4.31. The molecule has 1 saturated heterocycles. The smallest absolute Gasteiger partial charge is 0.277 e. The van der Waals surface area contributed by atoms with Gasteiger partial charge in [-0.25, -0.2) is 4.79 Å². The Morgan fingerprint density at radius 3 is 2.21 bits per heavy atom. The third-order valence-corrected chi connectivity index (χ3v) is 1.97. The summed E-state index contributed by atoms with van der Waals surface area (Å²) in [6.45, 7) is 5.50. The van der Waals surface area contributed by atoms with Gasteiger partial charge in [0.1, 0.15) is 5.92 Å². The van der Waals surface area contributed by atoms with Gasteiger partial charge in [0, 0.05) is 0 Å². The highest BCUT2D eigenvalue weighted by atomic mass is 16.2. The maximum absolute atomic E-state index is 11.2. The Bertz CT molecular complexity index is 289. The number of allylic oxidation sites excluding steroid dienone is 1. The van der Waals surface area contributed by atoms with Gasteiger partial charge in [0.15, 0.2) is 0 Å². The summed E-state index contributed by atoms with van der Waals surface area (Å²) >= 11 is 0. The number of hydrogen-bond acceptors (Lipinski definition) is 3. The zero-order valence-corrected chi connectivity index (χ0v) is 7.92. The average molecular weight is 196 g/mol. The Morgan fingerprint density at radius 2 is 1.79 bits per heavy atom. The van der Waals surface area contributed by atoms with E-state index in [0.29, 0.717) is 12.8 Å². The Balaban J connectivity index is 2.59. The maximum Gasteiger partial charge on any atom is 0.328 e. The molecule has 1 fully saturated rings. The molecule has 0 radical (unpaired) electrons. The second-order valence-corrected chi connectivity index (χ2v) is 3.36. The molecule has 0 aromatic rings. The molecular formula is C9H12N2O3. The van der Waals surface area contributed by atoms with Crippen LogP contribution in [0.15, 0.2) is 12.2 Å².